The third-order valence-corrected chi connectivity index (χ3v) is 11.6. The zero-order valence-electron chi connectivity index (χ0n) is 43.2. The summed E-state index contributed by atoms with van der Waals surface area (Å²) in [6.45, 7) is 6.47. The summed E-state index contributed by atoms with van der Waals surface area (Å²) in [5.41, 5.74) is 0. The van der Waals surface area contributed by atoms with E-state index in [1.165, 1.54) is 89.9 Å². The molecule has 0 heterocycles. The summed E-state index contributed by atoms with van der Waals surface area (Å²) >= 11 is 0. The average molecular weight is 919 g/mol. The molecule has 6 heteroatoms. The summed E-state index contributed by atoms with van der Waals surface area (Å²) < 4.78 is 16.8. The van der Waals surface area contributed by atoms with Gasteiger partial charge in [0.25, 0.3) is 0 Å². The van der Waals surface area contributed by atoms with E-state index in [9.17, 15) is 14.4 Å². The van der Waals surface area contributed by atoms with Crippen molar-refractivity contribution >= 4 is 17.9 Å². The highest BCUT2D eigenvalue weighted by Gasteiger charge is 2.19. The van der Waals surface area contributed by atoms with E-state index in [1.54, 1.807) is 0 Å². The van der Waals surface area contributed by atoms with Gasteiger partial charge in [0.05, 0.1) is 0 Å². The summed E-state index contributed by atoms with van der Waals surface area (Å²) in [6.07, 6.45) is 69.9. The number of hydrogen-bond donors (Lipinski definition) is 0. The Labute approximate surface area is 407 Å². The predicted octanol–water partition coefficient (Wildman–Crippen LogP) is 18.4. The number of esters is 3. The summed E-state index contributed by atoms with van der Waals surface area (Å²) in [6, 6.07) is 0. The van der Waals surface area contributed by atoms with Gasteiger partial charge in [-0.2, -0.15) is 0 Å². The first-order chi connectivity index (χ1) is 32.5. The molecule has 0 radical (unpaired) electrons. The maximum atomic E-state index is 12.8. The number of carbonyl (C=O) groups is 3. The molecule has 0 saturated heterocycles. The van der Waals surface area contributed by atoms with E-state index in [1.807, 2.05) is 0 Å². The lowest BCUT2D eigenvalue weighted by Gasteiger charge is -2.18. The summed E-state index contributed by atoms with van der Waals surface area (Å²) in [4.78, 5) is 38.1. The third-order valence-electron chi connectivity index (χ3n) is 11.6. The Morgan fingerprint density at radius 3 is 0.970 bits per heavy atom. The molecule has 0 aliphatic carbocycles. The van der Waals surface area contributed by atoms with Crippen LogP contribution in [-0.2, 0) is 28.6 Å². The van der Waals surface area contributed by atoms with Gasteiger partial charge in [-0.25, -0.2) is 0 Å². The van der Waals surface area contributed by atoms with Crippen molar-refractivity contribution in [3.63, 3.8) is 0 Å². The largest absolute Gasteiger partial charge is 0.462 e. The van der Waals surface area contributed by atoms with E-state index in [2.05, 4.69) is 106 Å². The van der Waals surface area contributed by atoms with Crippen LogP contribution in [0, 0.1) is 0 Å². The Kier molecular flexibility index (Phi) is 51.4. The molecule has 0 aromatic heterocycles. The molecule has 6 nitrogen and oxygen atoms in total. The van der Waals surface area contributed by atoms with Gasteiger partial charge < -0.3 is 14.2 Å². The van der Waals surface area contributed by atoms with Crippen molar-refractivity contribution in [3.05, 3.63) is 85.1 Å². The minimum atomic E-state index is -0.792. The smallest absolute Gasteiger partial charge is 0.306 e. The summed E-state index contributed by atoms with van der Waals surface area (Å²) in [5.74, 6) is -0.925. The van der Waals surface area contributed by atoms with Gasteiger partial charge in [-0.15, -0.1) is 0 Å². The Hall–Kier alpha value is -3.41. The van der Waals surface area contributed by atoms with Crippen LogP contribution in [0.2, 0.25) is 0 Å². The maximum Gasteiger partial charge on any atom is 0.306 e. The van der Waals surface area contributed by atoms with Gasteiger partial charge >= 0.3 is 17.9 Å². The SMILES string of the molecule is CC/C=C\C/C=C\C/C=C\C/C=C\C/C=C\CCCCCCCC(=O)OCC(COC(=O)CCCCCCC/C=C\CCCCC)OC(=O)CCCCCCC/C=C\CCCCCCCC. The number of hydrogen-bond acceptors (Lipinski definition) is 6. The van der Waals surface area contributed by atoms with Crippen LogP contribution in [0.5, 0.6) is 0 Å². The zero-order chi connectivity index (χ0) is 47.9. The maximum absolute atomic E-state index is 12.8. The van der Waals surface area contributed by atoms with Crippen molar-refractivity contribution in [1.29, 1.82) is 0 Å². The van der Waals surface area contributed by atoms with Gasteiger partial charge in [0.15, 0.2) is 6.10 Å². The molecule has 0 saturated carbocycles. The topological polar surface area (TPSA) is 78.9 Å². The van der Waals surface area contributed by atoms with E-state index < -0.39 is 6.10 Å². The normalized spacial score (nSPS) is 12.7. The first-order valence-corrected chi connectivity index (χ1v) is 27.6. The van der Waals surface area contributed by atoms with Crippen molar-refractivity contribution in [1.82, 2.24) is 0 Å². The molecular weight excluding hydrogens is 817 g/mol. The Morgan fingerprint density at radius 2 is 0.591 bits per heavy atom. The highest BCUT2D eigenvalue weighted by Crippen LogP contribution is 2.14. The Balaban J connectivity index is 4.41. The first kappa shape index (κ1) is 62.6. The zero-order valence-corrected chi connectivity index (χ0v) is 43.2. The van der Waals surface area contributed by atoms with E-state index in [4.69, 9.17) is 14.2 Å². The number of unbranched alkanes of at least 4 members (excludes halogenated alkanes) is 24. The van der Waals surface area contributed by atoms with Crippen molar-refractivity contribution in [2.45, 2.75) is 264 Å². The molecule has 0 aromatic carbocycles. The van der Waals surface area contributed by atoms with Gasteiger partial charge in [0.1, 0.15) is 13.2 Å². The third kappa shape index (κ3) is 51.6. The van der Waals surface area contributed by atoms with Crippen LogP contribution in [0.1, 0.15) is 258 Å². The van der Waals surface area contributed by atoms with Gasteiger partial charge in [0.2, 0.25) is 0 Å². The molecule has 378 valence electrons. The highest BCUT2D eigenvalue weighted by molar-refractivity contribution is 5.71. The highest BCUT2D eigenvalue weighted by atomic mass is 16.6. The second kappa shape index (κ2) is 54.2. The summed E-state index contributed by atoms with van der Waals surface area (Å²) in [7, 11) is 0. The van der Waals surface area contributed by atoms with Crippen LogP contribution in [0.3, 0.4) is 0 Å². The molecule has 1 atom stereocenters. The predicted molar refractivity (Wildman–Crippen MR) is 284 cm³/mol. The van der Waals surface area contributed by atoms with Crippen LogP contribution < -0.4 is 0 Å². The lowest BCUT2D eigenvalue weighted by molar-refractivity contribution is -0.167. The van der Waals surface area contributed by atoms with Crippen molar-refractivity contribution in [2.24, 2.45) is 0 Å². The molecule has 0 aromatic rings. The number of allylic oxidation sites excluding steroid dienone is 14. The fraction of sp³-hybridized carbons (Fsp3) is 0.717. The standard InChI is InChI=1S/C60H102O6/c1-4-7-10-13-16-19-22-25-27-28-29-30-31-32-34-35-38-41-44-47-50-53-59(62)65-56-57(55-64-58(61)52-49-46-43-40-37-24-21-18-15-12-9-6-3)66-60(63)54-51-48-45-42-39-36-33-26-23-20-17-14-11-8-5-2/h7,10,16,18-19,21,25-27,29-30,32-34,57H,4-6,8-9,11-15,17,20,22-24,28,31,35-56H2,1-3H3/b10-7-,19-16-,21-18-,27-25-,30-29-,33-26-,34-32-. The van der Waals surface area contributed by atoms with Gasteiger partial charge in [-0.1, -0.05) is 209 Å². The minimum absolute atomic E-state index is 0.0906. The number of carbonyl (C=O) groups excluding carboxylic acids is 3. The lowest BCUT2D eigenvalue weighted by atomic mass is 10.1. The molecule has 0 rings (SSSR count). The molecule has 0 N–H and O–H groups in total. The molecule has 0 amide bonds. The van der Waals surface area contributed by atoms with E-state index in [0.717, 1.165) is 128 Å². The van der Waals surface area contributed by atoms with E-state index in [0.29, 0.717) is 19.3 Å². The number of ether oxygens (including phenoxy) is 3. The Bertz CT molecular complexity index is 1290. The molecule has 0 aliphatic rings. The van der Waals surface area contributed by atoms with Crippen molar-refractivity contribution in [3.8, 4) is 0 Å². The quantitative estimate of drug-likeness (QED) is 0.0262. The molecule has 66 heavy (non-hydrogen) atoms. The van der Waals surface area contributed by atoms with E-state index in [-0.39, 0.29) is 31.1 Å². The summed E-state index contributed by atoms with van der Waals surface area (Å²) in [5, 5.41) is 0. The van der Waals surface area contributed by atoms with Crippen LogP contribution >= 0.6 is 0 Å². The van der Waals surface area contributed by atoms with Crippen LogP contribution in [0.15, 0.2) is 85.1 Å². The van der Waals surface area contributed by atoms with Gasteiger partial charge in [-0.3, -0.25) is 14.4 Å². The molecule has 0 fully saturated rings. The molecule has 0 aliphatic heterocycles. The van der Waals surface area contributed by atoms with Crippen molar-refractivity contribution < 1.29 is 28.6 Å². The molecular formula is C60H102O6. The van der Waals surface area contributed by atoms with Crippen molar-refractivity contribution in [2.75, 3.05) is 13.2 Å². The van der Waals surface area contributed by atoms with E-state index >= 15 is 0 Å². The number of rotatable bonds is 49. The van der Waals surface area contributed by atoms with Crippen LogP contribution in [-0.4, -0.2) is 37.2 Å². The second-order valence-corrected chi connectivity index (χ2v) is 18.1. The van der Waals surface area contributed by atoms with Crippen LogP contribution in [0.4, 0.5) is 0 Å². The lowest BCUT2D eigenvalue weighted by Crippen LogP contribution is -2.30. The second-order valence-electron chi connectivity index (χ2n) is 18.1. The molecule has 1 unspecified atom stereocenters. The molecule has 0 spiro atoms. The Morgan fingerprint density at radius 1 is 0.318 bits per heavy atom. The minimum Gasteiger partial charge on any atom is -0.462 e. The fourth-order valence-electron chi connectivity index (χ4n) is 7.46. The van der Waals surface area contributed by atoms with Gasteiger partial charge in [-0.05, 0) is 116 Å². The van der Waals surface area contributed by atoms with Gasteiger partial charge in [0, 0.05) is 19.3 Å². The molecule has 0 bridgehead atoms. The van der Waals surface area contributed by atoms with Crippen LogP contribution in [0.25, 0.3) is 0 Å². The average Bonchev–Trinajstić information content (AvgIpc) is 3.31. The fourth-order valence-corrected chi connectivity index (χ4v) is 7.46. The monoisotopic (exact) mass is 919 g/mol. The first-order valence-electron chi connectivity index (χ1n) is 27.6.